The number of ether oxygens (including phenoxy) is 1. The zero-order valence-electron chi connectivity index (χ0n) is 8.95. The second-order valence-electron chi connectivity index (χ2n) is 3.47. The molecular weight excluding hydrogens is 178 g/mol. The normalized spacial score (nSPS) is 10.6. The Kier molecular flexibility index (Phi) is 3.77. The van der Waals surface area contributed by atoms with Crippen LogP contribution in [0.1, 0.15) is 12.5 Å². The van der Waals surface area contributed by atoms with Crippen molar-refractivity contribution >= 4 is 0 Å². The van der Waals surface area contributed by atoms with E-state index in [2.05, 4.69) is 4.90 Å². The minimum absolute atomic E-state index is 0.203. The molecule has 1 N–H and O–H groups in total. The fourth-order valence-corrected chi connectivity index (χ4v) is 1.29. The first kappa shape index (κ1) is 10.9. The number of benzene rings is 1. The van der Waals surface area contributed by atoms with Crippen LogP contribution < -0.4 is 4.74 Å². The molecule has 14 heavy (non-hydrogen) atoms. The number of hydrogen-bond donors (Lipinski definition) is 1. The monoisotopic (exact) mass is 195 g/mol. The van der Waals surface area contributed by atoms with Gasteiger partial charge in [0.15, 0.2) is 11.5 Å². The summed E-state index contributed by atoms with van der Waals surface area (Å²) >= 11 is 0. The molecule has 0 aliphatic carbocycles. The van der Waals surface area contributed by atoms with Gasteiger partial charge in [0.05, 0.1) is 6.61 Å². The van der Waals surface area contributed by atoms with E-state index in [4.69, 9.17) is 4.74 Å². The molecule has 0 aliphatic rings. The minimum Gasteiger partial charge on any atom is -0.504 e. The average Bonchev–Trinajstić information content (AvgIpc) is 2.10. The van der Waals surface area contributed by atoms with Crippen molar-refractivity contribution < 1.29 is 9.84 Å². The molecule has 0 saturated heterocycles. The summed E-state index contributed by atoms with van der Waals surface area (Å²) in [5.74, 6) is 0.765. The molecule has 0 heterocycles. The molecule has 0 atom stereocenters. The van der Waals surface area contributed by atoms with Crippen molar-refractivity contribution in [1.29, 1.82) is 0 Å². The van der Waals surface area contributed by atoms with Gasteiger partial charge in [0, 0.05) is 6.54 Å². The van der Waals surface area contributed by atoms with Crippen LogP contribution in [0.25, 0.3) is 0 Å². The Morgan fingerprint density at radius 2 is 2.07 bits per heavy atom. The highest BCUT2D eigenvalue weighted by molar-refractivity contribution is 5.41. The van der Waals surface area contributed by atoms with E-state index in [-0.39, 0.29) is 5.75 Å². The quantitative estimate of drug-likeness (QED) is 0.796. The number of phenolic OH excluding ortho intramolecular Hbond substituents is 1. The lowest BCUT2D eigenvalue weighted by atomic mass is 10.2. The van der Waals surface area contributed by atoms with E-state index < -0.39 is 0 Å². The Morgan fingerprint density at radius 1 is 1.36 bits per heavy atom. The average molecular weight is 195 g/mol. The first-order chi connectivity index (χ1) is 6.63. The number of rotatable bonds is 4. The maximum Gasteiger partial charge on any atom is 0.161 e. The summed E-state index contributed by atoms with van der Waals surface area (Å²) in [6, 6.07) is 5.44. The van der Waals surface area contributed by atoms with Gasteiger partial charge in [0.25, 0.3) is 0 Å². The van der Waals surface area contributed by atoms with Gasteiger partial charge < -0.3 is 14.7 Å². The molecule has 0 amide bonds. The largest absolute Gasteiger partial charge is 0.504 e. The summed E-state index contributed by atoms with van der Waals surface area (Å²) in [5, 5.41) is 9.46. The fourth-order valence-electron chi connectivity index (χ4n) is 1.29. The van der Waals surface area contributed by atoms with Crippen molar-refractivity contribution in [3.8, 4) is 11.5 Å². The van der Waals surface area contributed by atoms with E-state index in [1.165, 1.54) is 0 Å². The van der Waals surface area contributed by atoms with Crippen molar-refractivity contribution in [3.05, 3.63) is 23.8 Å². The summed E-state index contributed by atoms with van der Waals surface area (Å²) in [5.41, 5.74) is 1.14. The van der Waals surface area contributed by atoms with Crippen LogP contribution in [-0.4, -0.2) is 30.7 Å². The topological polar surface area (TPSA) is 32.7 Å². The number of nitrogens with zero attached hydrogens (tertiary/aromatic N) is 1. The lowest BCUT2D eigenvalue weighted by molar-refractivity contribution is 0.316. The van der Waals surface area contributed by atoms with Gasteiger partial charge in [-0.1, -0.05) is 6.07 Å². The van der Waals surface area contributed by atoms with Gasteiger partial charge in [-0.15, -0.1) is 0 Å². The third-order valence-corrected chi connectivity index (χ3v) is 1.82. The predicted molar refractivity (Wildman–Crippen MR) is 56.7 cm³/mol. The summed E-state index contributed by atoms with van der Waals surface area (Å²) < 4.78 is 5.29. The zero-order chi connectivity index (χ0) is 10.6. The van der Waals surface area contributed by atoms with E-state index in [1.54, 1.807) is 6.07 Å². The zero-order valence-corrected chi connectivity index (χ0v) is 8.95. The first-order valence-electron chi connectivity index (χ1n) is 4.73. The Bertz CT molecular complexity index is 297. The molecule has 3 nitrogen and oxygen atoms in total. The van der Waals surface area contributed by atoms with E-state index in [9.17, 15) is 5.11 Å². The van der Waals surface area contributed by atoms with E-state index in [0.717, 1.165) is 12.1 Å². The molecule has 3 heteroatoms. The molecule has 0 bridgehead atoms. The van der Waals surface area contributed by atoms with Gasteiger partial charge in [-0.25, -0.2) is 0 Å². The molecule has 0 unspecified atom stereocenters. The molecule has 0 aliphatic heterocycles. The highest BCUT2D eigenvalue weighted by Crippen LogP contribution is 2.26. The van der Waals surface area contributed by atoms with Crippen LogP contribution >= 0.6 is 0 Å². The highest BCUT2D eigenvalue weighted by Gasteiger charge is 2.03. The van der Waals surface area contributed by atoms with Gasteiger partial charge in [-0.2, -0.15) is 0 Å². The lowest BCUT2D eigenvalue weighted by Gasteiger charge is -2.12. The Morgan fingerprint density at radius 3 is 2.64 bits per heavy atom. The summed E-state index contributed by atoms with van der Waals surface area (Å²) in [6.45, 7) is 3.32. The van der Waals surface area contributed by atoms with E-state index >= 15 is 0 Å². The van der Waals surface area contributed by atoms with Gasteiger partial charge in [-0.05, 0) is 38.7 Å². The molecule has 1 aromatic carbocycles. The van der Waals surface area contributed by atoms with Crippen LogP contribution in [-0.2, 0) is 6.54 Å². The second kappa shape index (κ2) is 4.86. The SMILES string of the molecule is CCOc1cc(CN(C)C)ccc1O. The smallest absolute Gasteiger partial charge is 0.161 e. The van der Waals surface area contributed by atoms with Crippen LogP contribution in [0.4, 0.5) is 0 Å². The van der Waals surface area contributed by atoms with E-state index in [0.29, 0.717) is 12.4 Å². The summed E-state index contributed by atoms with van der Waals surface area (Å²) in [4.78, 5) is 2.07. The van der Waals surface area contributed by atoms with Gasteiger partial charge in [0.2, 0.25) is 0 Å². The van der Waals surface area contributed by atoms with Crippen molar-refractivity contribution in [2.75, 3.05) is 20.7 Å². The molecule has 0 aromatic heterocycles. The molecule has 1 aromatic rings. The van der Waals surface area contributed by atoms with Gasteiger partial charge >= 0.3 is 0 Å². The molecule has 78 valence electrons. The third kappa shape index (κ3) is 2.92. The van der Waals surface area contributed by atoms with Gasteiger partial charge in [0.1, 0.15) is 0 Å². The molecule has 0 saturated carbocycles. The Hall–Kier alpha value is -1.22. The van der Waals surface area contributed by atoms with Crippen LogP contribution in [0.15, 0.2) is 18.2 Å². The van der Waals surface area contributed by atoms with Crippen molar-refractivity contribution in [1.82, 2.24) is 4.90 Å². The molecular formula is C11H17NO2. The third-order valence-electron chi connectivity index (χ3n) is 1.82. The van der Waals surface area contributed by atoms with Crippen molar-refractivity contribution in [2.45, 2.75) is 13.5 Å². The molecule has 1 rings (SSSR count). The maximum absolute atomic E-state index is 9.46. The number of hydrogen-bond acceptors (Lipinski definition) is 3. The predicted octanol–water partition coefficient (Wildman–Crippen LogP) is 1.85. The van der Waals surface area contributed by atoms with Gasteiger partial charge in [-0.3, -0.25) is 0 Å². The summed E-state index contributed by atoms with van der Waals surface area (Å²) in [6.07, 6.45) is 0. The molecule has 0 fully saturated rings. The first-order valence-corrected chi connectivity index (χ1v) is 4.73. The molecule has 0 spiro atoms. The van der Waals surface area contributed by atoms with E-state index in [1.807, 2.05) is 33.2 Å². The fraction of sp³-hybridized carbons (Fsp3) is 0.455. The molecule has 0 radical (unpaired) electrons. The van der Waals surface area contributed by atoms with Crippen molar-refractivity contribution in [3.63, 3.8) is 0 Å². The second-order valence-corrected chi connectivity index (χ2v) is 3.47. The van der Waals surface area contributed by atoms with Crippen LogP contribution in [0.3, 0.4) is 0 Å². The maximum atomic E-state index is 9.46. The lowest BCUT2D eigenvalue weighted by Crippen LogP contribution is -2.10. The van der Waals surface area contributed by atoms with Crippen molar-refractivity contribution in [2.24, 2.45) is 0 Å². The number of aromatic hydroxyl groups is 1. The standard InChI is InChI=1S/C11H17NO2/c1-4-14-11-7-9(8-12(2)3)5-6-10(11)13/h5-7,13H,4,8H2,1-3H3. The van der Waals surface area contributed by atoms with Crippen LogP contribution in [0, 0.1) is 0 Å². The number of phenols is 1. The highest BCUT2D eigenvalue weighted by atomic mass is 16.5. The van der Waals surface area contributed by atoms with Crippen LogP contribution in [0.2, 0.25) is 0 Å². The van der Waals surface area contributed by atoms with Crippen LogP contribution in [0.5, 0.6) is 11.5 Å². The Labute approximate surface area is 84.9 Å². The minimum atomic E-state index is 0.203. The Balaban J connectivity index is 2.83. The summed E-state index contributed by atoms with van der Waals surface area (Å²) in [7, 11) is 4.01.